The van der Waals surface area contributed by atoms with Crippen LogP contribution in [0.25, 0.3) is 0 Å². The van der Waals surface area contributed by atoms with Crippen LogP contribution in [0.5, 0.6) is 0 Å². The summed E-state index contributed by atoms with van der Waals surface area (Å²) in [5.74, 6) is 0.477. The average Bonchev–Trinajstić information content (AvgIpc) is 2.99. The fourth-order valence-corrected chi connectivity index (χ4v) is 2.29. The largest absolute Gasteiger partial charge is 0.298 e. The van der Waals surface area contributed by atoms with Gasteiger partial charge >= 0.3 is 0 Å². The summed E-state index contributed by atoms with van der Waals surface area (Å²) in [6.45, 7) is 0. The number of rotatable bonds is 2. The fraction of sp³-hybridized carbons (Fsp3) is 0.818. The second kappa shape index (κ2) is 3.14. The van der Waals surface area contributed by atoms with Gasteiger partial charge in [0.05, 0.1) is 6.07 Å². The highest BCUT2D eigenvalue weighted by atomic mass is 16.1. The van der Waals surface area contributed by atoms with Crippen molar-refractivity contribution in [2.24, 2.45) is 11.3 Å². The Bertz CT molecular complexity index is 254. The van der Waals surface area contributed by atoms with Crippen molar-refractivity contribution in [2.75, 3.05) is 0 Å². The molecule has 0 radical (unpaired) electrons. The van der Waals surface area contributed by atoms with Gasteiger partial charge in [0.25, 0.3) is 0 Å². The van der Waals surface area contributed by atoms with E-state index in [2.05, 4.69) is 6.07 Å². The molecule has 2 aliphatic rings. The van der Waals surface area contributed by atoms with Gasteiger partial charge in [0.15, 0.2) is 5.78 Å². The zero-order valence-corrected chi connectivity index (χ0v) is 7.88. The van der Waals surface area contributed by atoms with Crippen LogP contribution in [0.4, 0.5) is 0 Å². The van der Waals surface area contributed by atoms with Crippen molar-refractivity contribution in [1.29, 1.82) is 5.26 Å². The van der Waals surface area contributed by atoms with Gasteiger partial charge in [-0.25, -0.2) is 0 Å². The van der Waals surface area contributed by atoms with Crippen molar-refractivity contribution < 1.29 is 4.79 Å². The first-order valence-corrected chi connectivity index (χ1v) is 5.24. The quantitative estimate of drug-likeness (QED) is 0.650. The van der Waals surface area contributed by atoms with Crippen molar-refractivity contribution >= 4 is 5.78 Å². The molecule has 70 valence electrons. The topological polar surface area (TPSA) is 40.9 Å². The summed E-state index contributed by atoms with van der Waals surface area (Å²) in [7, 11) is 0. The highest BCUT2D eigenvalue weighted by Crippen LogP contribution is 2.49. The summed E-state index contributed by atoms with van der Waals surface area (Å²) in [5.41, 5.74) is -0.526. The molecule has 2 nitrogen and oxygen atoms in total. The molecule has 2 saturated carbocycles. The molecule has 0 aromatic rings. The zero-order chi connectivity index (χ0) is 9.31. The first-order valence-electron chi connectivity index (χ1n) is 5.24. The van der Waals surface area contributed by atoms with Crippen molar-refractivity contribution in [3.8, 4) is 6.07 Å². The fourth-order valence-electron chi connectivity index (χ4n) is 2.29. The van der Waals surface area contributed by atoms with E-state index in [0.29, 0.717) is 0 Å². The SMILES string of the molecule is N#CC1(C(=O)C2CCCCC2)CC1. The van der Waals surface area contributed by atoms with E-state index in [1.165, 1.54) is 19.3 Å². The molecule has 2 fully saturated rings. The molecule has 0 atom stereocenters. The normalized spacial score (nSPS) is 26.4. The molecule has 2 rings (SSSR count). The molecule has 0 bridgehead atoms. The molecule has 2 aliphatic carbocycles. The van der Waals surface area contributed by atoms with Crippen LogP contribution >= 0.6 is 0 Å². The summed E-state index contributed by atoms with van der Waals surface area (Å²) in [6.07, 6.45) is 7.32. The Morgan fingerprint density at radius 3 is 2.31 bits per heavy atom. The van der Waals surface area contributed by atoms with Gasteiger partial charge in [-0.3, -0.25) is 4.79 Å². The maximum absolute atomic E-state index is 11.9. The Morgan fingerprint density at radius 1 is 1.23 bits per heavy atom. The lowest BCUT2D eigenvalue weighted by Gasteiger charge is -2.21. The highest BCUT2D eigenvalue weighted by molar-refractivity contribution is 5.92. The van der Waals surface area contributed by atoms with E-state index in [-0.39, 0.29) is 11.7 Å². The molecule has 0 aliphatic heterocycles. The molecule has 0 aromatic heterocycles. The Morgan fingerprint density at radius 2 is 1.85 bits per heavy atom. The second-order valence-electron chi connectivity index (χ2n) is 4.39. The Labute approximate surface area is 78.9 Å². The van der Waals surface area contributed by atoms with Gasteiger partial charge in [0, 0.05) is 5.92 Å². The number of carbonyl (C=O) groups excluding carboxylic acids is 1. The third kappa shape index (κ3) is 1.48. The van der Waals surface area contributed by atoms with Crippen LogP contribution in [-0.4, -0.2) is 5.78 Å². The molecule has 0 saturated heterocycles. The summed E-state index contributed by atoms with van der Waals surface area (Å²) in [4.78, 5) is 11.9. The Kier molecular flexibility index (Phi) is 2.11. The van der Waals surface area contributed by atoms with Crippen LogP contribution in [0.2, 0.25) is 0 Å². The van der Waals surface area contributed by atoms with Gasteiger partial charge < -0.3 is 0 Å². The van der Waals surface area contributed by atoms with Crippen LogP contribution in [0.1, 0.15) is 44.9 Å². The molecule has 0 spiro atoms. The number of carbonyl (C=O) groups is 1. The molecule has 0 aromatic carbocycles. The number of Topliss-reactive ketones (excluding diaryl/α,β-unsaturated/α-hetero) is 1. The van der Waals surface area contributed by atoms with E-state index in [4.69, 9.17) is 5.26 Å². The summed E-state index contributed by atoms with van der Waals surface area (Å²) in [6, 6.07) is 2.20. The third-order valence-electron chi connectivity index (χ3n) is 3.41. The van der Waals surface area contributed by atoms with Crippen LogP contribution < -0.4 is 0 Å². The van der Waals surface area contributed by atoms with Crippen LogP contribution in [0.3, 0.4) is 0 Å². The lowest BCUT2D eigenvalue weighted by Crippen LogP contribution is -2.25. The molecule has 0 unspecified atom stereocenters. The van der Waals surface area contributed by atoms with Crippen LogP contribution in [0.15, 0.2) is 0 Å². The maximum Gasteiger partial charge on any atom is 0.156 e. The summed E-state index contributed by atoms with van der Waals surface area (Å²) in [5, 5.41) is 8.89. The van der Waals surface area contributed by atoms with Crippen molar-refractivity contribution in [3.05, 3.63) is 0 Å². The minimum Gasteiger partial charge on any atom is -0.298 e. The Balaban J connectivity index is 2.00. The van der Waals surface area contributed by atoms with E-state index in [1.807, 2.05) is 0 Å². The Hall–Kier alpha value is -0.840. The molecule has 13 heavy (non-hydrogen) atoms. The molecular formula is C11H15NO. The van der Waals surface area contributed by atoms with Gasteiger partial charge in [-0.2, -0.15) is 5.26 Å². The van der Waals surface area contributed by atoms with E-state index in [0.717, 1.165) is 25.7 Å². The van der Waals surface area contributed by atoms with Crippen molar-refractivity contribution in [3.63, 3.8) is 0 Å². The summed E-state index contributed by atoms with van der Waals surface area (Å²) >= 11 is 0. The van der Waals surface area contributed by atoms with Crippen molar-refractivity contribution in [2.45, 2.75) is 44.9 Å². The first-order chi connectivity index (χ1) is 6.28. The lowest BCUT2D eigenvalue weighted by molar-refractivity contribution is -0.127. The number of hydrogen-bond acceptors (Lipinski definition) is 2. The number of nitrogens with zero attached hydrogens (tertiary/aromatic N) is 1. The number of hydrogen-bond donors (Lipinski definition) is 0. The van der Waals surface area contributed by atoms with Gasteiger partial charge in [0.2, 0.25) is 0 Å². The third-order valence-corrected chi connectivity index (χ3v) is 3.41. The van der Waals surface area contributed by atoms with Crippen molar-refractivity contribution in [1.82, 2.24) is 0 Å². The standard InChI is InChI=1S/C11H15NO/c12-8-11(6-7-11)10(13)9-4-2-1-3-5-9/h9H,1-7H2. The van der Waals surface area contributed by atoms with Gasteiger partial charge in [-0.15, -0.1) is 0 Å². The highest BCUT2D eigenvalue weighted by Gasteiger charge is 2.52. The molecular weight excluding hydrogens is 162 g/mol. The van der Waals surface area contributed by atoms with Gasteiger partial charge in [0.1, 0.15) is 5.41 Å². The van der Waals surface area contributed by atoms with Gasteiger partial charge in [-0.1, -0.05) is 19.3 Å². The lowest BCUT2D eigenvalue weighted by atomic mass is 9.81. The molecule has 0 N–H and O–H groups in total. The molecule has 0 amide bonds. The maximum atomic E-state index is 11.9. The monoisotopic (exact) mass is 177 g/mol. The van der Waals surface area contributed by atoms with Crippen LogP contribution in [0, 0.1) is 22.7 Å². The second-order valence-corrected chi connectivity index (χ2v) is 4.39. The average molecular weight is 177 g/mol. The molecule has 2 heteroatoms. The van der Waals surface area contributed by atoms with E-state index in [9.17, 15) is 4.79 Å². The minimum absolute atomic E-state index is 0.218. The van der Waals surface area contributed by atoms with E-state index in [1.54, 1.807) is 0 Å². The predicted octanol–water partition coefficient (Wildman–Crippen LogP) is 2.44. The van der Waals surface area contributed by atoms with Crippen LogP contribution in [-0.2, 0) is 4.79 Å². The molecule has 0 heterocycles. The van der Waals surface area contributed by atoms with E-state index < -0.39 is 5.41 Å². The number of ketones is 1. The van der Waals surface area contributed by atoms with Gasteiger partial charge in [-0.05, 0) is 25.7 Å². The predicted molar refractivity (Wildman–Crippen MR) is 48.9 cm³/mol. The zero-order valence-electron chi connectivity index (χ0n) is 7.88. The first kappa shape index (κ1) is 8.74. The smallest absolute Gasteiger partial charge is 0.156 e. The summed E-state index contributed by atoms with van der Waals surface area (Å²) < 4.78 is 0. The minimum atomic E-state index is -0.526. The number of nitriles is 1. The van der Waals surface area contributed by atoms with E-state index >= 15 is 0 Å².